The molecule has 3 aromatic rings. The number of carbonyl (C=O) groups is 1. The summed E-state index contributed by atoms with van der Waals surface area (Å²) in [4.78, 5) is 12.2. The molecule has 1 amide bonds. The largest absolute Gasteiger partial charge is 0.508 e. The Bertz CT molecular complexity index is 854. The number of phenolic OH excluding ortho intramolecular Hbond substituents is 1. The average molecular weight is 305 g/mol. The third-order valence-corrected chi connectivity index (χ3v) is 4.12. The number of rotatable bonds is 2. The highest BCUT2D eigenvalue weighted by Crippen LogP contribution is 2.38. The van der Waals surface area contributed by atoms with E-state index < -0.39 is 0 Å². The summed E-state index contributed by atoms with van der Waals surface area (Å²) in [6.45, 7) is 0. The fourth-order valence-electron chi connectivity index (χ4n) is 2.99. The van der Waals surface area contributed by atoms with Crippen molar-refractivity contribution in [3.63, 3.8) is 0 Å². The quantitative estimate of drug-likeness (QED) is 0.764. The Labute approximate surface area is 133 Å². The Morgan fingerprint density at radius 1 is 1.09 bits per heavy atom. The number of carbonyl (C=O) groups excluding carboxylic acids is 1. The van der Waals surface area contributed by atoms with Crippen LogP contribution in [0.4, 0.5) is 5.82 Å². The first-order valence-electron chi connectivity index (χ1n) is 7.44. The van der Waals surface area contributed by atoms with Gasteiger partial charge in [-0.1, -0.05) is 30.3 Å². The molecule has 2 aromatic carbocycles. The molecule has 114 valence electrons. The molecule has 1 aromatic heterocycles. The van der Waals surface area contributed by atoms with E-state index in [-0.39, 0.29) is 17.6 Å². The van der Waals surface area contributed by atoms with Crippen molar-refractivity contribution in [1.82, 2.24) is 9.78 Å². The Kier molecular flexibility index (Phi) is 3.12. The minimum atomic E-state index is -0.0585. The lowest BCUT2D eigenvalue weighted by atomic mass is 9.87. The molecule has 0 aliphatic carbocycles. The molecule has 0 spiro atoms. The van der Waals surface area contributed by atoms with Gasteiger partial charge in [0.25, 0.3) is 0 Å². The molecule has 23 heavy (non-hydrogen) atoms. The number of anilines is 1. The number of aromatic nitrogens is 2. The van der Waals surface area contributed by atoms with E-state index >= 15 is 0 Å². The lowest BCUT2D eigenvalue weighted by Crippen LogP contribution is -2.24. The summed E-state index contributed by atoms with van der Waals surface area (Å²) in [7, 11) is 0. The summed E-state index contributed by atoms with van der Waals surface area (Å²) < 4.78 is 1.75. The second-order valence-electron chi connectivity index (χ2n) is 5.59. The zero-order valence-electron chi connectivity index (χ0n) is 12.3. The van der Waals surface area contributed by atoms with Crippen molar-refractivity contribution >= 4 is 11.7 Å². The fraction of sp³-hybridized carbons (Fsp3) is 0.111. The smallest absolute Gasteiger partial charge is 0.226 e. The van der Waals surface area contributed by atoms with Gasteiger partial charge >= 0.3 is 0 Å². The van der Waals surface area contributed by atoms with Crippen molar-refractivity contribution < 1.29 is 9.90 Å². The SMILES string of the molecule is O=C1C[C@@H](c2ccc(O)cc2)c2cnn(-c3ccccc3)c2N1. The van der Waals surface area contributed by atoms with Crippen molar-refractivity contribution in [2.45, 2.75) is 12.3 Å². The first-order valence-corrected chi connectivity index (χ1v) is 7.44. The van der Waals surface area contributed by atoms with Gasteiger partial charge in [0, 0.05) is 17.9 Å². The molecule has 5 heteroatoms. The van der Waals surface area contributed by atoms with E-state index in [4.69, 9.17) is 0 Å². The maximum Gasteiger partial charge on any atom is 0.226 e. The molecule has 5 nitrogen and oxygen atoms in total. The summed E-state index contributed by atoms with van der Waals surface area (Å²) in [6, 6.07) is 16.7. The second-order valence-corrected chi connectivity index (χ2v) is 5.59. The van der Waals surface area contributed by atoms with Crippen LogP contribution in [0.15, 0.2) is 60.8 Å². The number of nitrogens with zero attached hydrogens (tertiary/aromatic N) is 2. The highest BCUT2D eigenvalue weighted by atomic mass is 16.3. The molecular weight excluding hydrogens is 290 g/mol. The lowest BCUT2D eigenvalue weighted by Gasteiger charge is -2.23. The first kappa shape index (κ1) is 13.6. The van der Waals surface area contributed by atoms with Gasteiger partial charge in [0.05, 0.1) is 11.9 Å². The van der Waals surface area contributed by atoms with Gasteiger partial charge in [0.2, 0.25) is 5.91 Å². The molecule has 0 unspecified atom stereocenters. The molecule has 2 heterocycles. The number of para-hydroxylation sites is 1. The molecule has 4 rings (SSSR count). The molecule has 0 bridgehead atoms. The average Bonchev–Trinajstić information content (AvgIpc) is 2.99. The number of nitrogens with one attached hydrogen (secondary N) is 1. The molecule has 0 saturated carbocycles. The van der Waals surface area contributed by atoms with Crippen LogP contribution in [0.2, 0.25) is 0 Å². The number of hydrogen-bond donors (Lipinski definition) is 2. The van der Waals surface area contributed by atoms with Crippen LogP contribution in [-0.4, -0.2) is 20.8 Å². The van der Waals surface area contributed by atoms with Crippen molar-refractivity contribution in [1.29, 1.82) is 0 Å². The number of amides is 1. The maximum atomic E-state index is 12.2. The van der Waals surface area contributed by atoms with Gasteiger partial charge < -0.3 is 10.4 Å². The first-order chi connectivity index (χ1) is 11.2. The van der Waals surface area contributed by atoms with Gasteiger partial charge in [-0.2, -0.15) is 5.10 Å². The van der Waals surface area contributed by atoms with Crippen molar-refractivity contribution in [2.75, 3.05) is 5.32 Å². The van der Waals surface area contributed by atoms with Gasteiger partial charge in [-0.25, -0.2) is 4.68 Å². The fourth-order valence-corrected chi connectivity index (χ4v) is 2.99. The molecule has 1 aliphatic heterocycles. The van der Waals surface area contributed by atoms with Crippen LogP contribution in [-0.2, 0) is 4.79 Å². The topological polar surface area (TPSA) is 67.1 Å². The van der Waals surface area contributed by atoms with Crippen LogP contribution in [0.1, 0.15) is 23.5 Å². The van der Waals surface area contributed by atoms with Crippen LogP contribution in [0, 0.1) is 0 Å². The zero-order chi connectivity index (χ0) is 15.8. The maximum absolute atomic E-state index is 12.2. The predicted molar refractivity (Wildman–Crippen MR) is 86.8 cm³/mol. The number of hydrogen-bond acceptors (Lipinski definition) is 3. The third kappa shape index (κ3) is 2.36. The van der Waals surface area contributed by atoms with Gasteiger partial charge in [0.1, 0.15) is 11.6 Å². The molecule has 0 radical (unpaired) electrons. The molecule has 0 saturated heterocycles. The number of fused-ring (bicyclic) bond motifs is 1. The minimum Gasteiger partial charge on any atom is -0.508 e. The van der Waals surface area contributed by atoms with Crippen LogP contribution in [0.3, 0.4) is 0 Å². The highest BCUT2D eigenvalue weighted by molar-refractivity contribution is 5.94. The summed E-state index contributed by atoms with van der Waals surface area (Å²) in [5.74, 6) is 0.838. The third-order valence-electron chi connectivity index (χ3n) is 4.12. The molecule has 0 fully saturated rings. The van der Waals surface area contributed by atoms with E-state index in [1.807, 2.05) is 42.5 Å². The van der Waals surface area contributed by atoms with E-state index in [0.29, 0.717) is 12.2 Å². The molecular formula is C18H15N3O2. The number of aromatic hydroxyl groups is 1. The summed E-state index contributed by atoms with van der Waals surface area (Å²) in [5, 5.41) is 16.8. The summed E-state index contributed by atoms with van der Waals surface area (Å²) in [5.41, 5.74) is 2.88. The second kappa shape index (κ2) is 5.28. The van der Waals surface area contributed by atoms with Gasteiger partial charge in [-0.15, -0.1) is 0 Å². The van der Waals surface area contributed by atoms with Crippen LogP contribution < -0.4 is 5.32 Å². The van der Waals surface area contributed by atoms with Gasteiger partial charge in [-0.3, -0.25) is 4.79 Å². The number of benzene rings is 2. The molecule has 2 N–H and O–H groups in total. The monoisotopic (exact) mass is 305 g/mol. The van der Waals surface area contributed by atoms with Crippen LogP contribution in [0.5, 0.6) is 5.75 Å². The molecule has 1 atom stereocenters. The zero-order valence-corrected chi connectivity index (χ0v) is 12.3. The van der Waals surface area contributed by atoms with Crippen molar-refractivity contribution in [2.24, 2.45) is 0 Å². The summed E-state index contributed by atoms with van der Waals surface area (Å²) in [6.07, 6.45) is 2.18. The van der Waals surface area contributed by atoms with E-state index in [9.17, 15) is 9.90 Å². The Balaban J connectivity index is 1.81. The van der Waals surface area contributed by atoms with Crippen LogP contribution in [0.25, 0.3) is 5.69 Å². The van der Waals surface area contributed by atoms with E-state index in [1.165, 1.54) is 0 Å². The highest BCUT2D eigenvalue weighted by Gasteiger charge is 2.30. The van der Waals surface area contributed by atoms with E-state index in [0.717, 1.165) is 16.8 Å². The predicted octanol–water partition coefficient (Wildman–Crippen LogP) is 3.05. The van der Waals surface area contributed by atoms with Crippen molar-refractivity contribution in [3.05, 3.63) is 71.9 Å². The summed E-state index contributed by atoms with van der Waals surface area (Å²) >= 11 is 0. The van der Waals surface area contributed by atoms with Gasteiger partial charge in [-0.05, 0) is 29.8 Å². The van der Waals surface area contributed by atoms with Gasteiger partial charge in [0.15, 0.2) is 0 Å². The van der Waals surface area contributed by atoms with Crippen molar-refractivity contribution in [3.8, 4) is 11.4 Å². The van der Waals surface area contributed by atoms with E-state index in [1.54, 1.807) is 23.0 Å². The van der Waals surface area contributed by atoms with Crippen LogP contribution >= 0.6 is 0 Å². The normalized spacial score (nSPS) is 16.7. The number of phenols is 1. The lowest BCUT2D eigenvalue weighted by molar-refractivity contribution is -0.116. The Morgan fingerprint density at radius 3 is 2.57 bits per heavy atom. The minimum absolute atomic E-state index is 0.0340. The standard InChI is InChI=1S/C18H15N3O2/c22-14-8-6-12(7-9-14)15-10-17(23)20-18-16(15)11-19-21(18)13-4-2-1-3-5-13/h1-9,11,15,22H,10H2,(H,20,23)/t15-/m0/s1. The molecule has 1 aliphatic rings. The van der Waals surface area contributed by atoms with E-state index in [2.05, 4.69) is 10.4 Å². The Hall–Kier alpha value is -3.08. The Morgan fingerprint density at radius 2 is 1.83 bits per heavy atom.